The highest BCUT2D eigenvalue weighted by Gasteiger charge is 2.26. The second-order valence-electron chi connectivity index (χ2n) is 12.4. The molecule has 3 atom stereocenters. The molecule has 0 spiro atoms. The minimum absolute atomic E-state index is 0.163. The van der Waals surface area contributed by atoms with Crippen LogP contribution < -0.4 is 5.32 Å². The molecule has 0 aromatic carbocycles. The van der Waals surface area contributed by atoms with Gasteiger partial charge in [-0.1, -0.05) is 147 Å². The van der Waals surface area contributed by atoms with Crippen LogP contribution in [0.2, 0.25) is 0 Å². The van der Waals surface area contributed by atoms with Crippen molar-refractivity contribution in [2.75, 3.05) is 6.61 Å². The van der Waals surface area contributed by atoms with E-state index in [-0.39, 0.29) is 12.5 Å². The molecule has 0 aromatic rings. The van der Waals surface area contributed by atoms with Crippen LogP contribution in [0, 0.1) is 0 Å². The zero-order valence-electron chi connectivity index (χ0n) is 27.9. The van der Waals surface area contributed by atoms with Gasteiger partial charge in [0.15, 0.2) is 0 Å². The molecule has 0 aromatic heterocycles. The van der Waals surface area contributed by atoms with Gasteiger partial charge in [-0.25, -0.2) is 0 Å². The molecule has 0 saturated heterocycles. The molecule has 248 valence electrons. The first-order valence-electron chi connectivity index (χ1n) is 18.1. The molecule has 5 heteroatoms. The first-order valence-corrected chi connectivity index (χ1v) is 18.1. The van der Waals surface area contributed by atoms with E-state index in [9.17, 15) is 20.1 Å². The van der Waals surface area contributed by atoms with Crippen molar-refractivity contribution in [2.24, 2.45) is 0 Å². The normalized spacial score (nSPS) is 14.1. The lowest BCUT2D eigenvalue weighted by molar-refractivity contribution is -0.124. The van der Waals surface area contributed by atoms with Gasteiger partial charge in [-0.15, -0.1) is 0 Å². The third kappa shape index (κ3) is 27.7. The average molecular weight is 594 g/mol. The summed E-state index contributed by atoms with van der Waals surface area (Å²) in [4.78, 5) is 12.3. The van der Waals surface area contributed by atoms with E-state index in [1.54, 1.807) is 0 Å². The van der Waals surface area contributed by atoms with E-state index < -0.39 is 18.2 Å². The molecule has 0 fully saturated rings. The molecule has 0 aliphatic heterocycles. The maximum Gasteiger partial charge on any atom is 0.220 e. The SMILES string of the molecule is CCCCCCCCCCCC/C=C/CC/C=C/CCCC(O)C(O)C(CO)NC(=O)CCCCCCCCCCC. The summed E-state index contributed by atoms with van der Waals surface area (Å²) in [7, 11) is 0. The molecule has 0 aliphatic carbocycles. The van der Waals surface area contributed by atoms with Crippen LogP contribution in [0.15, 0.2) is 24.3 Å². The van der Waals surface area contributed by atoms with Crippen LogP contribution in [-0.2, 0) is 4.79 Å². The fraction of sp³-hybridized carbons (Fsp3) is 0.865. The van der Waals surface area contributed by atoms with Crippen LogP contribution in [0.5, 0.6) is 0 Å². The van der Waals surface area contributed by atoms with Crippen LogP contribution in [0.3, 0.4) is 0 Å². The summed E-state index contributed by atoms with van der Waals surface area (Å²) in [6.07, 6.45) is 37.1. The minimum Gasteiger partial charge on any atom is -0.394 e. The summed E-state index contributed by atoms with van der Waals surface area (Å²) in [6, 6.07) is -0.825. The minimum atomic E-state index is -1.16. The second kappa shape index (κ2) is 32.7. The lowest BCUT2D eigenvalue weighted by atomic mass is 10.0. The van der Waals surface area contributed by atoms with Crippen LogP contribution in [0.1, 0.15) is 181 Å². The van der Waals surface area contributed by atoms with Crippen molar-refractivity contribution in [3.8, 4) is 0 Å². The Morgan fingerprint density at radius 3 is 1.45 bits per heavy atom. The molecule has 1 amide bonds. The summed E-state index contributed by atoms with van der Waals surface area (Å²) in [5.74, 6) is -0.163. The average Bonchev–Trinajstić information content (AvgIpc) is 2.99. The van der Waals surface area contributed by atoms with Crippen molar-refractivity contribution in [3.05, 3.63) is 24.3 Å². The lowest BCUT2D eigenvalue weighted by Gasteiger charge is -2.26. The van der Waals surface area contributed by atoms with Gasteiger partial charge in [0, 0.05) is 6.42 Å². The fourth-order valence-corrected chi connectivity index (χ4v) is 5.41. The van der Waals surface area contributed by atoms with Gasteiger partial charge < -0.3 is 20.6 Å². The molecule has 0 aliphatic rings. The number of unbranched alkanes of at least 4 members (excludes halogenated alkanes) is 20. The number of carbonyl (C=O) groups is 1. The number of amides is 1. The van der Waals surface area contributed by atoms with Crippen molar-refractivity contribution in [2.45, 2.75) is 199 Å². The topological polar surface area (TPSA) is 89.8 Å². The number of hydrogen-bond donors (Lipinski definition) is 4. The molecule has 4 N–H and O–H groups in total. The van der Waals surface area contributed by atoms with Crippen molar-refractivity contribution >= 4 is 5.91 Å². The Hall–Kier alpha value is -1.17. The predicted octanol–water partition coefficient (Wildman–Crippen LogP) is 9.48. The number of carbonyl (C=O) groups excluding carboxylic acids is 1. The monoisotopic (exact) mass is 594 g/mol. The van der Waals surface area contributed by atoms with E-state index in [1.807, 2.05) is 0 Å². The van der Waals surface area contributed by atoms with E-state index >= 15 is 0 Å². The van der Waals surface area contributed by atoms with Gasteiger partial charge in [-0.3, -0.25) is 4.79 Å². The molecular weight excluding hydrogens is 522 g/mol. The molecule has 0 heterocycles. The van der Waals surface area contributed by atoms with Gasteiger partial charge >= 0.3 is 0 Å². The summed E-state index contributed by atoms with van der Waals surface area (Å²) in [6.45, 7) is 4.12. The largest absolute Gasteiger partial charge is 0.394 e. The van der Waals surface area contributed by atoms with Crippen molar-refractivity contribution in [3.63, 3.8) is 0 Å². The van der Waals surface area contributed by atoms with Gasteiger partial charge in [0.2, 0.25) is 5.91 Å². The Morgan fingerprint density at radius 2 is 0.976 bits per heavy atom. The Kier molecular flexibility index (Phi) is 31.8. The zero-order valence-corrected chi connectivity index (χ0v) is 27.9. The Morgan fingerprint density at radius 1 is 0.571 bits per heavy atom. The third-order valence-corrected chi connectivity index (χ3v) is 8.29. The quantitative estimate of drug-likeness (QED) is 0.0462. The smallest absolute Gasteiger partial charge is 0.220 e. The van der Waals surface area contributed by atoms with Crippen LogP contribution >= 0.6 is 0 Å². The van der Waals surface area contributed by atoms with Gasteiger partial charge in [-0.05, 0) is 51.4 Å². The lowest BCUT2D eigenvalue weighted by Crippen LogP contribution is -2.50. The summed E-state index contributed by atoms with van der Waals surface area (Å²) in [5, 5.41) is 33.2. The van der Waals surface area contributed by atoms with E-state index in [0.717, 1.165) is 44.9 Å². The molecule has 0 saturated carbocycles. The molecule has 0 rings (SSSR count). The molecule has 0 bridgehead atoms. The molecule has 3 unspecified atom stereocenters. The van der Waals surface area contributed by atoms with E-state index in [4.69, 9.17) is 0 Å². The maximum atomic E-state index is 12.3. The van der Waals surface area contributed by atoms with Crippen LogP contribution in [0.25, 0.3) is 0 Å². The third-order valence-electron chi connectivity index (χ3n) is 8.29. The van der Waals surface area contributed by atoms with Crippen molar-refractivity contribution in [1.29, 1.82) is 0 Å². The molecule has 5 nitrogen and oxygen atoms in total. The fourth-order valence-electron chi connectivity index (χ4n) is 5.41. The number of hydrogen-bond acceptors (Lipinski definition) is 4. The summed E-state index contributed by atoms with van der Waals surface area (Å²) < 4.78 is 0. The maximum absolute atomic E-state index is 12.3. The molecule has 42 heavy (non-hydrogen) atoms. The van der Waals surface area contributed by atoms with Crippen molar-refractivity contribution < 1.29 is 20.1 Å². The number of rotatable bonds is 32. The molecular formula is C37H71NO4. The van der Waals surface area contributed by atoms with Gasteiger partial charge in [0.05, 0.1) is 18.8 Å². The number of aliphatic hydroxyl groups excluding tert-OH is 3. The van der Waals surface area contributed by atoms with E-state index in [2.05, 4.69) is 43.5 Å². The number of nitrogens with one attached hydrogen (secondary N) is 1. The Bertz CT molecular complexity index is 621. The van der Waals surface area contributed by atoms with Crippen LogP contribution in [0.4, 0.5) is 0 Å². The second-order valence-corrected chi connectivity index (χ2v) is 12.4. The predicted molar refractivity (Wildman–Crippen MR) is 181 cm³/mol. The van der Waals surface area contributed by atoms with Crippen LogP contribution in [-0.4, -0.2) is 46.1 Å². The standard InChI is InChI=1S/C37H71NO4/c1-3-5-7-9-11-13-14-15-16-17-18-19-20-21-22-24-25-27-29-31-35(40)37(42)34(33-39)38-36(41)32-30-28-26-23-12-10-8-6-4-2/h19-20,24-25,34-35,37,39-40,42H,3-18,21-23,26-33H2,1-2H3,(H,38,41)/b20-19+,25-24+. The number of allylic oxidation sites excluding steroid dienone is 4. The summed E-state index contributed by atoms with van der Waals surface area (Å²) in [5.41, 5.74) is 0. The number of aliphatic hydroxyl groups is 3. The van der Waals surface area contributed by atoms with Gasteiger partial charge in [0.25, 0.3) is 0 Å². The highest BCUT2D eigenvalue weighted by molar-refractivity contribution is 5.76. The highest BCUT2D eigenvalue weighted by Crippen LogP contribution is 2.13. The van der Waals surface area contributed by atoms with Crippen molar-refractivity contribution in [1.82, 2.24) is 5.32 Å². The Balaban J connectivity index is 3.75. The highest BCUT2D eigenvalue weighted by atomic mass is 16.3. The van der Waals surface area contributed by atoms with Gasteiger partial charge in [0.1, 0.15) is 6.10 Å². The first kappa shape index (κ1) is 40.8. The van der Waals surface area contributed by atoms with E-state index in [0.29, 0.717) is 12.8 Å². The first-order chi connectivity index (χ1) is 20.6. The summed E-state index contributed by atoms with van der Waals surface area (Å²) >= 11 is 0. The zero-order chi connectivity index (χ0) is 30.9. The molecule has 0 radical (unpaired) electrons. The Labute approximate surface area is 261 Å². The van der Waals surface area contributed by atoms with E-state index in [1.165, 1.54) is 109 Å². The van der Waals surface area contributed by atoms with Gasteiger partial charge in [-0.2, -0.15) is 0 Å².